The van der Waals surface area contributed by atoms with E-state index in [1.54, 1.807) is 17.4 Å². The largest absolute Gasteiger partial charge is 0.310 e. The molecule has 21 heavy (non-hydrogen) atoms. The highest BCUT2D eigenvalue weighted by Gasteiger charge is 2.17. The van der Waals surface area contributed by atoms with Gasteiger partial charge in [-0.15, -0.1) is 11.3 Å². The molecule has 2 aromatic rings. The van der Waals surface area contributed by atoms with Crippen molar-refractivity contribution in [2.45, 2.75) is 39.2 Å². The fourth-order valence-electron chi connectivity index (χ4n) is 2.32. The molecular weight excluding hydrogens is 288 g/mol. The molecule has 0 radical (unpaired) electrons. The summed E-state index contributed by atoms with van der Waals surface area (Å²) in [5.41, 5.74) is 0.538. The Balaban J connectivity index is 2.20. The van der Waals surface area contributed by atoms with Crippen LogP contribution in [0.4, 0.5) is 8.78 Å². The van der Waals surface area contributed by atoms with E-state index in [9.17, 15) is 8.78 Å². The molecule has 114 valence electrons. The molecule has 1 atom stereocenters. The summed E-state index contributed by atoms with van der Waals surface area (Å²) in [7, 11) is 0. The van der Waals surface area contributed by atoms with Gasteiger partial charge in [0.1, 0.15) is 11.6 Å². The molecule has 0 fully saturated rings. The number of aryl methyl sites for hydroxylation is 1. The third-order valence-corrected chi connectivity index (χ3v) is 4.70. The Labute approximate surface area is 129 Å². The molecule has 1 nitrogen and oxygen atoms in total. The summed E-state index contributed by atoms with van der Waals surface area (Å²) < 4.78 is 27.1. The Hall–Kier alpha value is -1.26. The molecule has 1 N–H and O–H groups in total. The van der Waals surface area contributed by atoms with E-state index in [-0.39, 0.29) is 6.04 Å². The minimum Gasteiger partial charge on any atom is -0.310 e. The quantitative estimate of drug-likeness (QED) is 0.769. The van der Waals surface area contributed by atoms with Crippen molar-refractivity contribution >= 4 is 11.3 Å². The predicted octanol–water partition coefficient (Wildman–Crippen LogP) is 4.87. The standard InChI is InChI=1S/C17H21F2NS/c1-3-9-20-17(11-14-7-6-13(4-2)21-14)15-8-5-12(18)10-16(15)19/h5-8,10,17,20H,3-4,9,11H2,1-2H3. The highest BCUT2D eigenvalue weighted by Crippen LogP contribution is 2.26. The zero-order valence-corrected chi connectivity index (χ0v) is 13.3. The molecule has 0 aliphatic heterocycles. The van der Waals surface area contributed by atoms with Crippen LogP contribution in [0, 0.1) is 11.6 Å². The molecule has 0 aliphatic rings. The molecule has 0 aliphatic carbocycles. The van der Waals surface area contributed by atoms with E-state index in [2.05, 4.69) is 31.3 Å². The maximum atomic E-state index is 14.0. The second-order valence-electron chi connectivity index (χ2n) is 5.10. The molecule has 1 aromatic carbocycles. The van der Waals surface area contributed by atoms with Gasteiger partial charge in [0, 0.05) is 33.8 Å². The molecule has 1 aromatic heterocycles. The number of hydrogen-bond donors (Lipinski definition) is 1. The predicted molar refractivity (Wildman–Crippen MR) is 84.8 cm³/mol. The number of rotatable bonds is 7. The van der Waals surface area contributed by atoms with Crippen LogP contribution in [-0.4, -0.2) is 6.54 Å². The number of halogens is 2. The molecule has 1 unspecified atom stereocenters. The minimum atomic E-state index is -0.533. The third-order valence-electron chi connectivity index (χ3n) is 3.45. The normalized spacial score (nSPS) is 12.6. The Morgan fingerprint density at radius 3 is 2.48 bits per heavy atom. The monoisotopic (exact) mass is 309 g/mol. The van der Waals surface area contributed by atoms with Gasteiger partial charge in [0.05, 0.1) is 0 Å². The van der Waals surface area contributed by atoms with Crippen LogP contribution in [0.25, 0.3) is 0 Å². The molecular formula is C17H21F2NS. The Kier molecular flexibility index (Phi) is 5.88. The van der Waals surface area contributed by atoms with Crippen LogP contribution in [0.5, 0.6) is 0 Å². The van der Waals surface area contributed by atoms with E-state index >= 15 is 0 Å². The van der Waals surface area contributed by atoms with E-state index in [0.717, 1.165) is 31.9 Å². The van der Waals surface area contributed by atoms with Gasteiger partial charge in [-0.1, -0.05) is 19.9 Å². The van der Waals surface area contributed by atoms with Gasteiger partial charge in [-0.05, 0) is 37.6 Å². The van der Waals surface area contributed by atoms with E-state index in [1.807, 2.05) is 0 Å². The van der Waals surface area contributed by atoms with Crippen molar-refractivity contribution in [3.8, 4) is 0 Å². The summed E-state index contributed by atoms with van der Waals surface area (Å²) in [6.45, 7) is 5.01. The summed E-state index contributed by atoms with van der Waals surface area (Å²) in [5.74, 6) is -1.01. The van der Waals surface area contributed by atoms with Gasteiger partial charge in [0.15, 0.2) is 0 Å². The Morgan fingerprint density at radius 2 is 1.86 bits per heavy atom. The summed E-state index contributed by atoms with van der Waals surface area (Å²) in [5, 5.41) is 3.37. The van der Waals surface area contributed by atoms with Gasteiger partial charge in [0.2, 0.25) is 0 Å². The molecule has 0 saturated heterocycles. The second-order valence-corrected chi connectivity index (χ2v) is 6.35. The minimum absolute atomic E-state index is 0.117. The average molecular weight is 309 g/mol. The van der Waals surface area contributed by atoms with E-state index in [0.29, 0.717) is 5.56 Å². The first-order chi connectivity index (χ1) is 10.1. The number of thiophene rings is 1. The van der Waals surface area contributed by atoms with E-state index in [4.69, 9.17) is 0 Å². The van der Waals surface area contributed by atoms with Crippen molar-refractivity contribution in [2.75, 3.05) is 6.54 Å². The highest BCUT2D eigenvalue weighted by molar-refractivity contribution is 7.11. The van der Waals surface area contributed by atoms with Crippen molar-refractivity contribution in [1.29, 1.82) is 0 Å². The first-order valence-corrected chi connectivity index (χ1v) is 8.21. The highest BCUT2D eigenvalue weighted by atomic mass is 32.1. The van der Waals surface area contributed by atoms with Crippen LogP contribution in [-0.2, 0) is 12.8 Å². The molecule has 0 saturated carbocycles. The van der Waals surface area contributed by atoms with E-state index < -0.39 is 11.6 Å². The van der Waals surface area contributed by atoms with Crippen LogP contribution in [0.2, 0.25) is 0 Å². The summed E-state index contributed by atoms with van der Waals surface area (Å²) in [6.07, 6.45) is 2.72. The smallest absolute Gasteiger partial charge is 0.130 e. The van der Waals surface area contributed by atoms with Crippen molar-refractivity contribution < 1.29 is 8.78 Å². The van der Waals surface area contributed by atoms with Gasteiger partial charge < -0.3 is 5.32 Å². The van der Waals surface area contributed by atoms with Crippen molar-refractivity contribution in [3.05, 3.63) is 57.3 Å². The molecule has 0 spiro atoms. The lowest BCUT2D eigenvalue weighted by Crippen LogP contribution is -2.24. The van der Waals surface area contributed by atoms with Crippen LogP contribution in [0.1, 0.15) is 41.6 Å². The summed E-state index contributed by atoms with van der Waals surface area (Å²) in [4.78, 5) is 2.56. The lowest BCUT2D eigenvalue weighted by Gasteiger charge is -2.19. The third kappa shape index (κ3) is 4.35. The molecule has 1 heterocycles. The van der Waals surface area contributed by atoms with Gasteiger partial charge in [-0.25, -0.2) is 8.78 Å². The SMILES string of the molecule is CCCNC(Cc1ccc(CC)s1)c1ccc(F)cc1F. The van der Waals surface area contributed by atoms with Crippen molar-refractivity contribution in [1.82, 2.24) is 5.32 Å². The van der Waals surface area contributed by atoms with E-state index in [1.165, 1.54) is 15.8 Å². The molecule has 0 bridgehead atoms. The molecule has 4 heteroatoms. The summed E-state index contributed by atoms with van der Waals surface area (Å²) >= 11 is 1.76. The zero-order chi connectivity index (χ0) is 15.2. The van der Waals surface area contributed by atoms with Crippen molar-refractivity contribution in [2.24, 2.45) is 0 Å². The number of benzene rings is 1. The molecule has 2 rings (SSSR count). The van der Waals surface area contributed by atoms with Gasteiger partial charge in [0.25, 0.3) is 0 Å². The van der Waals surface area contributed by atoms with Crippen LogP contribution >= 0.6 is 11.3 Å². The van der Waals surface area contributed by atoms with Crippen LogP contribution < -0.4 is 5.32 Å². The lowest BCUT2D eigenvalue weighted by atomic mass is 10.0. The fourth-order valence-corrected chi connectivity index (χ4v) is 3.32. The fraction of sp³-hybridized carbons (Fsp3) is 0.412. The van der Waals surface area contributed by atoms with Crippen LogP contribution in [0.3, 0.4) is 0 Å². The maximum Gasteiger partial charge on any atom is 0.130 e. The lowest BCUT2D eigenvalue weighted by molar-refractivity contribution is 0.493. The Bertz CT molecular complexity index is 580. The van der Waals surface area contributed by atoms with Crippen molar-refractivity contribution in [3.63, 3.8) is 0 Å². The topological polar surface area (TPSA) is 12.0 Å². The summed E-state index contributed by atoms with van der Waals surface area (Å²) in [6, 6.07) is 7.94. The van der Waals surface area contributed by atoms with Gasteiger partial charge >= 0.3 is 0 Å². The zero-order valence-electron chi connectivity index (χ0n) is 12.5. The average Bonchev–Trinajstić information content (AvgIpc) is 2.91. The number of nitrogens with one attached hydrogen (secondary N) is 1. The first-order valence-electron chi connectivity index (χ1n) is 7.40. The van der Waals surface area contributed by atoms with Crippen LogP contribution in [0.15, 0.2) is 30.3 Å². The number of hydrogen-bond acceptors (Lipinski definition) is 2. The molecule has 0 amide bonds. The second kappa shape index (κ2) is 7.66. The first kappa shape index (κ1) is 16.1. The maximum absolute atomic E-state index is 14.0. The van der Waals surface area contributed by atoms with Gasteiger partial charge in [-0.3, -0.25) is 0 Å². The van der Waals surface area contributed by atoms with Gasteiger partial charge in [-0.2, -0.15) is 0 Å². The Morgan fingerprint density at radius 1 is 1.10 bits per heavy atom.